The lowest BCUT2D eigenvalue weighted by atomic mass is 9.99. The van der Waals surface area contributed by atoms with Gasteiger partial charge in [-0.15, -0.1) is 0 Å². The SMILES string of the molecule is Nc1ncncc1CN1CCc2ccc(OCc3ccccc3)cc2C1. The molecule has 0 atom stereocenters. The standard InChI is InChI=1S/C21H22N4O/c22-21-19(11-23-15-24-21)13-25-9-8-17-6-7-20(10-18(17)12-25)26-14-16-4-2-1-3-5-16/h1-7,10-11,15H,8-9,12-14H2,(H2,22,23,24). The third-order valence-corrected chi connectivity index (χ3v) is 4.73. The highest BCUT2D eigenvalue weighted by Gasteiger charge is 2.18. The van der Waals surface area contributed by atoms with Crippen molar-refractivity contribution in [3.8, 4) is 5.75 Å². The molecule has 5 heteroatoms. The topological polar surface area (TPSA) is 64.3 Å². The largest absolute Gasteiger partial charge is 0.489 e. The van der Waals surface area contributed by atoms with Crippen LogP contribution in [0.2, 0.25) is 0 Å². The Labute approximate surface area is 153 Å². The van der Waals surface area contributed by atoms with Crippen LogP contribution in [-0.2, 0) is 26.1 Å². The Morgan fingerprint density at radius 2 is 1.96 bits per heavy atom. The first-order chi connectivity index (χ1) is 12.8. The van der Waals surface area contributed by atoms with Gasteiger partial charge in [0, 0.05) is 31.4 Å². The first kappa shape index (κ1) is 16.5. The van der Waals surface area contributed by atoms with Gasteiger partial charge in [-0.3, -0.25) is 4.90 Å². The van der Waals surface area contributed by atoms with Crippen LogP contribution >= 0.6 is 0 Å². The quantitative estimate of drug-likeness (QED) is 0.769. The monoisotopic (exact) mass is 346 g/mol. The molecule has 2 N–H and O–H groups in total. The normalized spacial score (nSPS) is 14.0. The van der Waals surface area contributed by atoms with E-state index in [0.29, 0.717) is 12.4 Å². The van der Waals surface area contributed by atoms with Crippen molar-refractivity contribution in [2.24, 2.45) is 0 Å². The molecule has 0 amide bonds. The minimum absolute atomic E-state index is 0.561. The smallest absolute Gasteiger partial charge is 0.131 e. The van der Waals surface area contributed by atoms with Crippen molar-refractivity contribution >= 4 is 5.82 Å². The molecule has 3 aromatic rings. The molecule has 0 aliphatic carbocycles. The number of ether oxygens (including phenoxy) is 1. The molecule has 1 aliphatic rings. The summed E-state index contributed by atoms with van der Waals surface area (Å²) >= 11 is 0. The molecule has 0 bridgehead atoms. The summed E-state index contributed by atoms with van der Waals surface area (Å²) in [4.78, 5) is 10.5. The predicted octanol–water partition coefficient (Wildman–Crippen LogP) is 3.20. The van der Waals surface area contributed by atoms with Gasteiger partial charge in [0.1, 0.15) is 24.5 Å². The summed E-state index contributed by atoms with van der Waals surface area (Å²) < 4.78 is 5.97. The molecule has 132 valence electrons. The second kappa shape index (κ2) is 7.54. The number of hydrogen-bond donors (Lipinski definition) is 1. The number of aromatic nitrogens is 2. The maximum atomic E-state index is 5.97. The van der Waals surface area contributed by atoms with E-state index in [2.05, 4.69) is 45.2 Å². The summed E-state index contributed by atoms with van der Waals surface area (Å²) in [5.41, 5.74) is 10.8. The van der Waals surface area contributed by atoms with Crippen LogP contribution in [0.4, 0.5) is 5.82 Å². The maximum Gasteiger partial charge on any atom is 0.131 e. The van der Waals surface area contributed by atoms with E-state index in [1.54, 1.807) is 6.20 Å². The summed E-state index contributed by atoms with van der Waals surface area (Å²) in [7, 11) is 0. The number of nitrogen functional groups attached to an aromatic ring is 1. The maximum absolute atomic E-state index is 5.97. The van der Waals surface area contributed by atoms with Crippen LogP contribution in [0.25, 0.3) is 0 Å². The van der Waals surface area contributed by atoms with Gasteiger partial charge >= 0.3 is 0 Å². The lowest BCUT2D eigenvalue weighted by molar-refractivity contribution is 0.244. The first-order valence-corrected chi connectivity index (χ1v) is 8.83. The van der Waals surface area contributed by atoms with Crippen molar-refractivity contribution in [2.75, 3.05) is 12.3 Å². The molecule has 4 rings (SSSR count). The van der Waals surface area contributed by atoms with Crippen LogP contribution < -0.4 is 10.5 Å². The number of benzene rings is 2. The van der Waals surface area contributed by atoms with Crippen molar-refractivity contribution in [1.29, 1.82) is 0 Å². The van der Waals surface area contributed by atoms with Crippen molar-refractivity contribution in [3.05, 3.63) is 83.3 Å². The lowest BCUT2D eigenvalue weighted by Crippen LogP contribution is -2.30. The van der Waals surface area contributed by atoms with E-state index in [1.807, 2.05) is 18.2 Å². The number of hydrogen-bond acceptors (Lipinski definition) is 5. The minimum atomic E-state index is 0.561. The molecule has 0 unspecified atom stereocenters. The van der Waals surface area contributed by atoms with Crippen molar-refractivity contribution in [2.45, 2.75) is 26.1 Å². The molecule has 0 saturated carbocycles. The minimum Gasteiger partial charge on any atom is -0.489 e. The highest BCUT2D eigenvalue weighted by molar-refractivity contribution is 5.39. The molecule has 0 saturated heterocycles. The van der Waals surface area contributed by atoms with Crippen LogP contribution in [0.5, 0.6) is 5.75 Å². The van der Waals surface area contributed by atoms with Gasteiger partial charge in [-0.05, 0) is 35.2 Å². The molecule has 2 heterocycles. The molecule has 1 aromatic heterocycles. The van der Waals surface area contributed by atoms with Crippen LogP contribution in [0.1, 0.15) is 22.3 Å². The molecular formula is C21H22N4O. The average Bonchev–Trinajstić information content (AvgIpc) is 2.69. The molecule has 2 aromatic carbocycles. The zero-order valence-electron chi connectivity index (χ0n) is 14.6. The van der Waals surface area contributed by atoms with Crippen molar-refractivity contribution < 1.29 is 4.74 Å². The summed E-state index contributed by atoms with van der Waals surface area (Å²) in [6.45, 7) is 3.24. The number of nitrogens with two attached hydrogens (primary N) is 1. The Morgan fingerprint density at radius 1 is 1.08 bits per heavy atom. The van der Waals surface area contributed by atoms with E-state index in [1.165, 1.54) is 23.0 Å². The van der Waals surface area contributed by atoms with Gasteiger partial charge in [0.25, 0.3) is 0 Å². The lowest BCUT2D eigenvalue weighted by Gasteiger charge is -2.29. The van der Waals surface area contributed by atoms with Gasteiger partial charge in [0.15, 0.2) is 0 Å². The highest BCUT2D eigenvalue weighted by atomic mass is 16.5. The van der Waals surface area contributed by atoms with E-state index in [9.17, 15) is 0 Å². The fraction of sp³-hybridized carbons (Fsp3) is 0.238. The van der Waals surface area contributed by atoms with Crippen molar-refractivity contribution in [3.63, 3.8) is 0 Å². The van der Waals surface area contributed by atoms with E-state index < -0.39 is 0 Å². The van der Waals surface area contributed by atoms with Gasteiger partial charge in [-0.25, -0.2) is 9.97 Å². The molecule has 5 nitrogen and oxygen atoms in total. The fourth-order valence-electron chi connectivity index (χ4n) is 3.29. The Morgan fingerprint density at radius 3 is 2.81 bits per heavy atom. The third kappa shape index (κ3) is 3.83. The second-order valence-electron chi connectivity index (χ2n) is 6.60. The van der Waals surface area contributed by atoms with Gasteiger partial charge < -0.3 is 10.5 Å². The van der Waals surface area contributed by atoms with E-state index in [0.717, 1.165) is 37.4 Å². The van der Waals surface area contributed by atoms with Crippen LogP contribution in [0.3, 0.4) is 0 Å². The van der Waals surface area contributed by atoms with Gasteiger partial charge in [0.05, 0.1) is 0 Å². The van der Waals surface area contributed by atoms with Gasteiger partial charge in [-0.1, -0.05) is 36.4 Å². The number of nitrogens with zero attached hydrogens (tertiary/aromatic N) is 3. The number of fused-ring (bicyclic) bond motifs is 1. The fourth-order valence-corrected chi connectivity index (χ4v) is 3.29. The zero-order valence-corrected chi connectivity index (χ0v) is 14.6. The van der Waals surface area contributed by atoms with Crippen LogP contribution in [0, 0.1) is 0 Å². The van der Waals surface area contributed by atoms with Gasteiger partial charge in [-0.2, -0.15) is 0 Å². The van der Waals surface area contributed by atoms with E-state index >= 15 is 0 Å². The number of rotatable bonds is 5. The summed E-state index contributed by atoms with van der Waals surface area (Å²) in [5, 5.41) is 0. The molecule has 26 heavy (non-hydrogen) atoms. The Balaban J connectivity index is 1.43. The Bertz CT molecular complexity index is 882. The molecule has 0 fully saturated rings. The van der Waals surface area contributed by atoms with Crippen LogP contribution in [-0.4, -0.2) is 21.4 Å². The highest BCUT2D eigenvalue weighted by Crippen LogP contribution is 2.26. The van der Waals surface area contributed by atoms with E-state index in [-0.39, 0.29) is 0 Å². The molecule has 1 aliphatic heterocycles. The third-order valence-electron chi connectivity index (χ3n) is 4.73. The summed E-state index contributed by atoms with van der Waals surface area (Å²) in [6, 6.07) is 16.6. The molecular weight excluding hydrogens is 324 g/mol. The second-order valence-corrected chi connectivity index (χ2v) is 6.60. The van der Waals surface area contributed by atoms with E-state index in [4.69, 9.17) is 10.5 Å². The summed E-state index contributed by atoms with van der Waals surface area (Å²) in [5.74, 6) is 1.47. The molecule has 0 spiro atoms. The van der Waals surface area contributed by atoms with Crippen LogP contribution in [0.15, 0.2) is 61.1 Å². The zero-order chi connectivity index (χ0) is 17.8. The average molecular weight is 346 g/mol. The Kier molecular flexibility index (Phi) is 4.80. The predicted molar refractivity (Wildman–Crippen MR) is 101 cm³/mol. The van der Waals surface area contributed by atoms with Gasteiger partial charge in [0.2, 0.25) is 0 Å². The Hall–Kier alpha value is -2.92. The first-order valence-electron chi connectivity index (χ1n) is 8.83. The van der Waals surface area contributed by atoms with Crippen molar-refractivity contribution in [1.82, 2.24) is 14.9 Å². The molecule has 0 radical (unpaired) electrons. The number of anilines is 1. The summed E-state index contributed by atoms with van der Waals surface area (Å²) in [6.07, 6.45) is 4.32.